The van der Waals surface area contributed by atoms with Gasteiger partial charge in [-0.05, 0) is 46.1 Å². The Kier molecular flexibility index (Phi) is 5.96. The van der Waals surface area contributed by atoms with E-state index in [0.29, 0.717) is 21.5 Å². The monoisotopic (exact) mass is 448 g/mol. The van der Waals surface area contributed by atoms with E-state index < -0.39 is 23.0 Å². The van der Waals surface area contributed by atoms with Gasteiger partial charge in [0.1, 0.15) is 10.4 Å². The molecule has 1 aliphatic rings. The quantitative estimate of drug-likeness (QED) is 0.637. The highest BCUT2D eigenvalue weighted by Gasteiger charge is 2.66. The van der Waals surface area contributed by atoms with Gasteiger partial charge >= 0.3 is 11.9 Å². The number of nitrogens with zero attached hydrogens (tertiary/aromatic N) is 2. The molecule has 168 valence electrons. The van der Waals surface area contributed by atoms with E-state index in [1.165, 1.54) is 23.0 Å². The summed E-state index contributed by atoms with van der Waals surface area (Å²) in [5, 5.41) is 0.166. The van der Waals surface area contributed by atoms with Gasteiger partial charge in [0.15, 0.2) is 0 Å². The summed E-state index contributed by atoms with van der Waals surface area (Å²) in [6.07, 6.45) is -5.21. The lowest BCUT2D eigenvalue weighted by Crippen LogP contribution is -2.51. The molecule has 7 nitrogen and oxygen atoms in total. The van der Waals surface area contributed by atoms with Gasteiger partial charge in [-0.2, -0.15) is 13.2 Å². The number of alkyl halides is 3. The lowest BCUT2D eigenvalue weighted by Gasteiger charge is -2.22. The van der Waals surface area contributed by atoms with Gasteiger partial charge in [0, 0.05) is 24.1 Å². The van der Waals surface area contributed by atoms with Crippen molar-refractivity contribution in [3.63, 3.8) is 0 Å². The Balaban J connectivity index is 2.19. The van der Waals surface area contributed by atoms with E-state index in [1.807, 2.05) is 20.8 Å². The molecule has 0 radical (unpaired) electrons. The normalized spacial score (nSPS) is 16.4. The van der Waals surface area contributed by atoms with Crippen molar-refractivity contribution in [2.45, 2.75) is 70.9 Å². The van der Waals surface area contributed by atoms with Crippen molar-refractivity contribution in [1.82, 2.24) is 20.0 Å². The summed E-state index contributed by atoms with van der Waals surface area (Å²) in [6.45, 7) is 8.21. The van der Waals surface area contributed by atoms with Crippen LogP contribution in [-0.4, -0.2) is 34.6 Å². The predicted molar refractivity (Wildman–Crippen MR) is 110 cm³/mol. The molecule has 2 aromatic rings. The fourth-order valence-corrected chi connectivity index (χ4v) is 4.71. The average molecular weight is 449 g/mol. The van der Waals surface area contributed by atoms with Gasteiger partial charge in [-0.25, -0.2) is 9.36 Å². The first-order chi connectivity index (χ1) is 13.8. The second-order valence-corrected chi connectivity index (χ2v) is 9.74. The molecule has 11 heteroatoms. The number of rotatable bonds is 7. The van der Waals surface area contributed by atoms with Gasteiger partial charge < -0.3 is 4.74 Å². The summed E-state index contributed by atoms with van der Waals surface area (Å²) in [7, 11) is 1.45. The van der Waals surface area contributed by atoms with Crippen LogP contribution >= 0.6 is 11.3 Å². The predicted octanol–water partition coefficient (Wildman–Crippen LogP) is 2.62. The van der Waals surface area contributed by atoms with E-state index in [4.69, 9.17) is 4.74 Å². The molecule has 0 aromatic carbocycles. The van der Waals surface area contributed by atoms with E-state index >= 15 is 0 Å². The van der Waals surface area contributed by atoms with Crippen LogP contribution in [0, 0.1) is 6.92 Å². The highest BCUT2D eigenvalue weighted by Crippen LogP contribution is 2.54. The van der Waals surface area contributed by atoms with Crippen LogP contribution in [0.3, 0.4) is 0 Å². The molecule has 0 spiro atoms. The minimum absolute atomic E-state index is 0.0626. The molecule has 0 saturated heterocycles. The lowest BCUT2D eigenvalue weighted by atomic mass is 10.1. The van der Waals surface area contributed by atoms with Crippen molar-refractivity contribution in [1.29, 1.82) is 0 Å². The Morgan fingerprint density at radius 2 is 1.83 bits per heavy atom. The molecule has 2 N–H and O–H groups in total. The molecular weight excluding hydrogens is 421 g/mol. The number of fused-ring (bicyclic) bond motifs is 1. The van der Waals surface area contributed by atoms with Crippen LogP contribution in [-0.2, 0) is 23.4 Å². The molecular formula is C19H27F3N4O3S. The van der Waals surface area contributed by atoms with Crippen LogP contribution in [0.2, 0.25) is 0 Å². The summed E-state index contributed by atoms with van der Waals surface area (Å²) < 4.78 is 48.0. The van der Waals surface area contributed by atoms with Gasteiger partial charge in [-0.3, -0.25) is 20.2 Å². The van der Waals surface area contributed by atoms with Crippen molar-refractivity contribution < 1.29 is 17.9 Å². The number of methoxy groups -OCH3 is 1. The molecule has 1 aliphatic carbocycles. The summed E-state index contributed by atoms with van der Waals surface area (Å²) in [5.41, 5.74) is 2.37. The number of thiophene rings is 1. The third-order valence-electron chi connectivity index (χ3n) is 5.22. The second-order valence-electron chi connectivity index (χ2n) is 8.66. The minimum Gasteiger partial charge on any atom is -0.383 e. The molecule has 0 amide bonds. The van der Waals surface area contributed by atoms with E-state index in [-0.39, 0.29) is 36.9 Å². The van der Waals surface area contributed by atoms with Gasteiger partial charge in [0.05, 0.1) is 18.5 Å². The van der Waals surface area contributed by atoms with Gasteiger partial charge in [-0.1, -0.05) is 0 Å². The van der Waals surface area contributed by atoms with Gasteiger partial charge in [0.25, 0.3) is 5.56 Å². The zero-order valence-corrected chi connectivity index (χ0v) is 18.5. The second kappa shape index (κ2) is 7.77. The Bertz CT molecular complexity index is 1060. The van der Waals surface area contributed by atoms with Crippen molar-refractivity contribution >= 4 is 21.6 Å². The smallest absolute Gasteiger partial charge is 0.383 e. The molecule has 1 saturated carbocycles. The first-order valence-corrected chi connectivity index (χ1v) is 10.5. The fourth-order valence-electron chi connectivity index (χ4n) is 3.46. The lowest BCUT2D eigenvalue weighted by molar-refractivity contribution is -0.181. The molecule has 0 aliphatic heterocycles. The Hall–Kier alpha value is -1.69. The summed E-state index contributed by atoms with van der Waals surface area (Å²) in [6, 6.07) is 0. The first kappa shape index (κ1) is 23.0. The zero-order valence-electron chi connectivity index (χ0n) is 17.7. The topological polar surface area (TPSA) is 77.3 Å². The van der Waals surface area contributed by atoms with E-state index in [2.05, 4.69) is 10.9 Å². The molecule has 1 fully saturated rings. The Labute approximate surface area is 175 Å². The number of aryl methyl sites for hydroxylation is 1. The maximum atomic E-state index is 13.8. The van der Waals surface area contributed by atoms with Crippen LogP contribution in [0.5, 0.6) is 0 Å². The standard InChI is InChI=1S/C19H27F3N4O3S/c1-11-12(10-23-24-17(2,3)4)30-15-13(11)14(27)26(16(28)25(15)8-9-29-5)18(6-7-18)19(20,21)22/h23-24H,6-10H2,1-5H3. The molecule has 0 unspecified atom stereocenters. The number of hydrazine groups is 1. The summed E-state index contributed by atoms with van der Waals surface area (Å²) >= 11 is 1.24. The molecule has 2 heterocycles. The largest absolute Gasteiger partial charge is 0.412 e. The van der Waals surface area contributed by atoms with Crippen molar-refractivity contribution in [2.24, 2.45) is 0 Å². The van der Waals surface area contributed by atoms with Crippen LogP contribution < -0.4 is 22.1 Å². The van der Waals surface area contributed by atoms with Gasteiger partial charge in [0.2, 0.25) is 0 Å². The van der Waals surface area contributed by atoms with E-state index in [9.17, 15) is 22.8 Å². The number of nitrogens with one attached hydrogen (secondary N) is 2. The minimum atomic E-state index is -4.67. The number of halogens is 3. The average Bonchev–Trinajstić information content (AvgIpc) is 3.34. The molecule has 0 bridgehead atoms. The zero-order chi connectivity index (χ0) is 22.5. The number of ether oxygens (including phenoxy) is 1. The first-order valence-electron chi connectivity index (χ1n) is 9.68. The number of hydrogen-bond donors (Lipinski definition) is 2. The third kappa shape index (κ3) is 3.95. The molecule has 3 rings (SSSR count). The number of aromatic nitrogens is 2. The summed E-state index contributed by atoms with van der Waals surface area (Å²) in [5.74, 6) is 0. The highest BCUT2D eigenvalue weighted by atomic mass is 32.1. The highest BCUT2D eigenvalue weighted by molar-refractivity contribution is 7.18. The van der Waals surface area contributed by atoms with Crippen LogP contribution in [0.1, 0.15) is 44.1 Å². The van der Waals surface area contributed by atoms with Crippen molar-refractivity contribution in [3.05, 3.63) is 31.3 Å². The van der Waals surface area contributed by atoms with Crippen LogP contribution in [0.15, 0.2) is 9.59 Å². The molecule has 0 atom stereocenters. The van der Waals surface area contributed by atoms with E-state index in [1.54, 1.807) is 6.92 Å². The van der Waals surface area contributed by atoms with Crippen LogP contribution in [0.25, 0.3) is 10.2 Å². The maximum absolute atomic E-state index is 13.8. The Morgan fingerprint density at radius 3 is 2.33 bits per heavy atom. The fraction of sp³-hybridized carbons (Fsp3) is 0.684. The molecule has 30 heavy (non-hydrogen) atoms. The SMILES string of the molecule is COCCn1c(=O)n(C2(C(F)(F)F)CC2)c(=O)c2c(C)c(CNNC(C)(C)C)sc21. The maximum Gasteiger partial charge on any atom is 0.412 e. The van der Waals surface area contributed by atoms with E-state index in [0.717, 1.165) is 4.88 Å². The van der Waals surface area contributed by atoms with Crippen LogP contribution in [0.4, 0.5) is 13.2 Å². The summed E-state index contributed by atoms with van der Waals surface area (Å²) in [4.78, 5) is 27.4. The van der Waals surface area contributed by atoms with Crippen molar-refractivity contribution in [3.8, 4) is 0 Å². The van der Waals surface area contributed by atoms with Crippen molar-refractivity contribution in [2.75, 3.05) is 13.7 Å². The molecule has 2 aromatic heterocycles. The third-order valence-corrected chi connectivity index (χ3v) is 6.54. The van der Waals surface area contributed by atoms with Gasteiger partial charge in [-0.15, -0.1) is 11.3 Å². The Morgan fingerprint density at radius 1 is 1.20 bits per heavy atom. The number of hydrogen-bond acceptors (Lipinski definition) is 6.